The fourth-order valence-corrected chi connectivity index (χ4v) is 4.50. The van der Waals surface area contributed by atoms with Gasteiger partial charge < -0.3 is 29.2 Å². The third kappa shape index (κ3) is 18.7. The Labute approximate surface area is 232 Å². The highest BCUT2D eigenvalue weighted by Crippen LogP contribution is 2.28. The SMILES string of the molecule is CCC(O)(CC)CCCCCCOC(=O)OCCCCCCOC(=O)OC(CC)(CC)CCCCCCO. The van der Waals surface area contributed by atoms with Crippen LogP contribution in [0, 0.1) is 0 Å². The second kappa shape index (κ2) is 23.4. The highest BCUT2D eigenvalue weighted by atomic mass is 16.7. The van der Waals surface area contributed by atoms with Crippen LogP contribution in [0.3, 0.4) is 0 Å². The normalized spacial score (nSPS) is 11.8. The average Bonchev–Trinajstić information content (AvgIpc) is 2.92. The summed E-state index contributed by atoms with van der Waals surface area (Å²) < 4.78 is 21.2. The maximum absolute atomic E-state index is 12.2. The Balaban J connectivity index is 3.73. The van der Waals surface area contributed by atoms with Crippen LogP contribution < -0.4 is 0 Å². The van der Waals surface area contributed by atoms with Gasteiger partial charge in [0.1, 0.15) is 5.60 Å². The zero-order valence-electron chi connectivity index (χ0n) is 24.9. The molecule has 0 fully saturated rings. The molecule has 0 aromatic heterocycles. The third-order valence-electron chi connectivity index (χ3n) is 7.68. The summed E-state index contributed by atoms with van der Waals surface area (Å²) in [7, 11) is 0. The van der Waals surface area contributed by atoms with E-state index in [1.54, 1.807) is 0 Å². The maximum atomic E-state index is 12.2. The molecule has 2 N–H and O–H groups in total. The minimum absolute atomic E-state index is 0.224. The Morgan fingerprint density at radius 3 is 1.42 bits per heavy atom. The van der Waals surface area contributed by atoms with Crippen LogP contribution in [0.4, 0.5) is 9.59 Å². The molecule has 0 rings (SSSR count). The first-order chi connectivity index (χ1) is 18.3. The topological polar surface area (TPSA) is 112 Å². The molecule has 0 aliphatic rings. The lowest BCUT2D eigenvalue weighted by atomic mass is 9.90. The van der Waals surface area contributed by atoms with Gasteiger partial charge in [0.05, 0.1) is 25.4 Å². The first-order valence-electron chi connectivity index (χ1n) is 15.3. The molecule has 0 aliphatic carbocycles. The molecule has 8 nitrogen and oxygen atoms in total. The van der Waals surface area contributed by atoms with Gasteiger partial charge in [0.2, 0.25) is 0 Å². The molecule has 0 aromatic rings. The van der Waals surface area contributed by atoms with Crippen molar-refractivity contribution in [2.24, 2.45) is 0 Å². The molecule has 38 heavy (non-hydrogen) atoms. The average molecular weight is 547 g/mol. The van der Waals surface area contributed by atoms with Crippen molar-refractivity contribution < 1.29 is 38.7 Å². The molecule has 0 aliphatic heterocycles. The van der Waals surface area contributed by atoms with E-state index in [1.165, 1.54) is 0 Å². The Kier molecular flexibility index (Phi) is 22.4. The number of carbonyl (C=O) groups is 2. The van der Waals surface area contributed by atoms with Gasteiger partial charge in [-0.15, -0.1) is 0 Å². The minimum Gasteiger partial charge on any atom is -0.434 e. The number of hydrogen-bond donors (Lipinski definition) is 2. The van der Waals surface area contributed by atoms with Crippen molar-refractivity contribution in [1.82, 2.24) is 0 Å². The van der Waals surface area contributed by atoms with Crippen molar-refractivity contribution in [3.63, 3.8) is 0 Å². The number of unbranched alkanes of at least 4 members (excludes halogenated alkanes) is 9. The maximum Gasteiger partial charge on any atom is 0.508 e. The zero-order valence-corrected chi connectivity index (χ0v) is 24.9. The molecule has 0 atom stereocenters. The van der Waals surface area contributed by atoms with E-state index in [0.717, 1.165) is 116 Å². The van der Waals surface area contributed by atoms with E-state index in [2.05, 4.69) is 0 Å². The molecule has 0 amide bonds. The Hall–Kier alpha value is -1.54. The fourth-order valence-electron chi connectivity index (χ4n) is 4.50. The number of ether oxygens (including phenoxy) is 4. The lowest BCUT2D eigenvalue weighted by Gasteiger charge is -2.31. The van der Waals surface area contributed by atoms with Gasteiger partial charge >= 0.3 is 12.3 Å². The molecule has 0 spiro atoms. The van der Waals surface area contributed by atoms with Gasteiger partial charge in [-0.3, -0.25) is 0 Å². The van der Waals surface area contributed by atoms with Gasteiger partial charge in [0.15, 0.2) is 0 Å². The van der Waals surface area contributed by atoms with E-state index >= 15 is 0 Å². The second-order valence-corrected chi connectivity index (χ2v) is 10.4. The van der Waals surface area contributed by atoms with Crippen LogP contribution in [-0.2, 0) is 18.9 Å². The highest BCUT2D eigenvalue weighted by Gasteiger charge is 2.30. The van der Waals surface area contributed by atoms with Crippen molar-refractivity contribution >= 4 is 12.3 Å². The molecule has 0 bridgehead atoms. The number of rotatable bonds is 25. The van der Waals surface area contributed by atoms with E-state index in [-0.39, 0.29) is 6.61 Å². The molecule has 8 heteroatoms. The summed E-state index contributed by atoms with van der Waals surface area (Å²) >= 11 is 0. The summed E-state index contributed by atoms with van der Waals surface area (Å²) in [6.07, 6.45) is 14.3. The van der Waals surface area contributed by atoms with E-state index in [9.17, 15) is 14.7 Å². The van der Waals surface area contributed by atoms with Gasteiger partial charge in [-0.05, 0) is 83.5 Å². The fraction of sp³-hybridized carbons (Fsp3) is 0.933. The summed E-state index contributed by atoms with van der Waals surface area (Å²) in [4.78, 5) is 23.9. The molecule has 0 heterocycles. The predicted molar refractivity (Wildman–Crippen MR) is 150 cm³/mol. The van der Waals surface area contributed by atoms with Crippen LogP contribution in [0.5, 0.6) is 0 Å². The van der Waals surface area contributed by atoms with Gasteiger partial charge in [0.25, 0.3) is 0 Å². The van der Waals surface area contributed by atoms with Crippen molar-refractivity contribution in [3.05, 3.63) is 0 Å². The minimum atomic E-state index is -0.619. The smallest absolute Gasteiger partial charge is 0.434 e. The quantitative estimate of drug-likeness (QED) is 0.0879. The molecule has 226 valence electrons. The van der Waals surface area contributed by atoms with Crippen LogP contribution in [-0.4, -0.2) is 60.2 Å². The van der Waals surface area contributed by atoms with Crippen molar-refractivity contribution in [3.8, 4) is 0 Å². The van der Waals surface area contributed by atoms with Crippen LogP contribution in [0.2, 0.25) is 0 Å². The van der Waals surface area contributed by atoms with Gasteiger partial charge in [0, 0.05) is 6.61 Å². The number of aliphatic hydroxyl groups excluding tert-OH is 1. The van der Waals surface area contributed by atoms with Crippen LogP contribution >= 0.6 is 0 Å². The van der Waals surface area contributed by atoms with Crippen LogP contribution in [0.25, 0.3) is 0 Å². The van der Waals surface area contributed by atoms with Crippen molar-refractivity contribution in [2.45, 2.75) is 154 Å². The molecular weight excluding hydrogens is 488 g/mol. The largest absolute Gasteiger partial charge is 0.508 e. The zero-order chi connectivity index (χ0) is 28.5. The monoisotopic (exact) mass is 546 g/mol. The summed E-state index contributed by atoms with van der Waals surface area (Å²) in [5, 5.41) is 19.2. The standard InChI is InChI=1S/C30H58O8/c1-5-29(34,6-2)21-15-10-12-18-24-35-27(32)36-25-19-13-14-20-26-37-28(33)38-30(7-3,8-4)22-16-9-11-17-23-31/h31,34H,5-26H2,1-4H3. The molecule has 0 unspecified atom stereocenters. The summed E-state index contributed by atoms with van der Waals surface area (Å²) in [5.41, 5.74) is -1.00. The van der Waals surface area contributed by atoms with Gasteiger partial charge in [-0.2, -0.15) is 0 Å². The molecule has 0 saturated carbocycles. The predicted octanol–water partition coefficient (Wildman–Crippen LogP) is 7.86. The number of carbonyl (C=O) groups excluding carboxylic acids is 2. The highest BCUT2D eigenvalue weighted by molar-refractivity contribution is 5.60. The van der Waals surface area contributed by atoms with E-state index in [1.807, 2.05) is 27.7 Å². The Morgan fingerprint density at radius 2 is 0.974 bits per heavy atom. The lowest BCUT2D eigenvalue weighted by molar-refractivity contribution is -0.0463. The summed E-state index contributed by atoms with van der Waals surface area (Å²) in [6.45, 7) is 9.33. The van der Waals surface area contributed by atoms with Crippen LogP contribution in [0.15, 0.2) is 0 Å². The Morgan fingerprint density at radius 1 is 0.553 bits per heavy atom. The van der Waals surface area contributed by atoms with Crippen molar-refractivity contribution in [2.75, 3.05) is 26.4 Å². The molecule has 0 aromatic carbocycles. The van der Waals surface area contributed by atoms with E-state index in [0.29, 0.717) is 19.8 Å². The first-order valence-corrected chi connectivity index (χ1v) is 15.3. The summed E-state index contributed by atoms with van der Waals surface area (Å²) in [6, 6.07) is 0. The van der Waals surface area contributed by atoms with Gasteiger partial charge in [-0.25, -0.2) is 9.59 Å². The molecule has 0 radical (unpaired) electrons. The molecule has 0 saturated heterocycles. The van der Waals surface area contributed by atoms with Crippen LogP contribution in [0.1, 0.15) is 143 Å². The number of hydrogen-bond acceptors (Lipinski definition) is 8. The Bertz CT molecular complexity index is 573. The van der Waals surface area contributed by atoms with Gasteiger partial charge in [-0.1, -0.05) is 59.8 Å². The summed E-state index contributed by atoms with van der Waals surface area (Å²) in [5.74, 6) is 0. The van der Waals surface area contributed by atoms with Crippen molar-refractivity contribution in [1.29, 1.82) is 0 Å². The van der Waals surface area contributed by atoms with E-state index < -0.39 is 23.5 Å². The van der Waals surface area contributed by atoms with E-state index in [4.69, 9.17) is 24.1 Å². The second-order valence-electron chi connectivity index (χ2n) is 10.4. The lowest BCUT2D eigenvalue weighted by Crippen LogP contribution is -2.34. The molecular formula is C30H58O8. The first kappa shape index (κ1) is 36.5. The number of aliphatic hydroxyl groups is 2. The third-order valence-corrected chi connectivity index (χ3v) is 7.68.